The van der Waals surface area contributed by atoms with Gasteiger partial charge in [-0.05, 0) is 47.1 Å². The maximum atomic E-state index is 13.3. The number of rotatable bonds is 13. The van der Waals surface area contributed by atoms with Crippen LogP contribution in [0.2, 0.25) is 0 Å². The molecule has 3 aromatic rings. The Morgan fingerprint density at radius 1 is 0.902 bits per heavy atom. The van der Waals surface area contributed by atoms with Gasteiger partial charge in [-0.15, -0.1) is 0 Å². The minimum absolute atomic E-state index is 0.0149. The molecule has 5 rings (SSSR count). The summed E-state index contributed by atoms with van der Waals surface area (Å²) in [5.41, 5.74) is 5.35. The van der Waals surface area contributed by atoms with E-state index in [2.05, 4.69) is 22.8 Å². The van der Waals surface area contributed by atoms with Gasteiger partial charge in [0.25, 0.3) is 0 Å². The molecule has 3 atom stereocenters. The average molecular weight is 557 g/mol. The van der Waals surface area contributed by atoms with Crippen LogP contribution in [0.4, 0.5) is 4.79 Å². The molecule has 0 aromatic heterocycles. The minimum Gasteiger partial charge on any atom is -0.481 e. The Bertz CT molecular complexity index is 1330. The second kappa shape index (κ2) is 13.0. The summed E-state index contributed by atoms with van der Waals surface area (Å²) in [6, 6.07) is 24.6. The molecule has 8 nitrogen and oxygen atoms in total. The van der Waals surface area contributed by atoms with Gasteiger partial charge in [0.05, 0.1) is 18.6 Å². The molecule has 0 spiro atoms. The van der Waals surface area contributed by atoms with Crippen LogP contribution in [0, 0.1) is 11.8 Å². The zero-order chi connectivity index (χ0) is 28.8. The fraction of sp³-hybridized carbons (Fsp3) is 0.364. The van der Waals surface area contributed by atoms with E-state index in [1.165, 1.54) is 0 Å². The lowest BCUT2D eigenvalue weighted by atomic mass is 9.98. The lowest BCUT2D eigenvalue weighted by Gasteiger charge is -2.25. The van der Waals surface area contributed by atoms with Crippen molar-refractivity contribution in [1.29, 1.82) is 0 Å². The summed E-state index contributed by atoms with van der Waals surface area (Å²) in [7, 11) is 0. The number of amides is 2. The molecule has 0 radical (unpaired) electrons. The van der Waals surface area contributed by atoms with Crippen molar-refractivity contribution in [2.45, 2.75) is 50.9 Å². The molecule has 1 fully saturated rings. The number of hydrogen-bond donors (Lipinski definition) is 3. The van der Waals surface area contributed by atoms with Crippen molar-refractivity contribution in [3.63, 3.8) is 0 Å². The van der Waals surface area contributed by atoms with Crippen LogP contribution in [0.15, 0.2) is 78.9 Å². The maximum absolute atomic E-state index is 13.3. The predicted molar refractivity (Wildman–Crippen MR) is 154 cm³/mol. The van der Waals surface area contributed by atoms with Gasteiger partial charge in [-0.25, -0.2) is 4.79 Å². The molecule has 0 saturated heterocycles. The molecule has 214 valence electrons. The van der Waals surface area contributed by atoms with Crippen LogP contribution in [0.25, 0.3) is 11.1 Å². The number of ether oxygens (including phenoxy) is 2. The topological polar surface area (TPSA) is 114 Å². The third-order valence-electron chi connectivity index (χ3n) is 7.91. The Morgan fingerprint density at radius 3 is 2.12 bits per heavy atom. The fourth-order valence-corrected chi connectivity index (χ4v) is 5.42. The van der Waals surface area contributed by atoms with E-state index >= 15 is 0 Å². The molecule has 8 heteroatoms. The van der Waals surface area contributed by atoms with E-state index in [4.69, 9.17) is 9.47 Å². The van der Waals surface area contributed by atoms with Crippen molar-refractivity contribution in [1.82, 2.24) is 10.6 Å². The number of hydrogen-bond acceptors (Lipinski definition) is 5. The Hall–Kier alpha value is -4.17. The Balaban J connectivity index is 1.24. The highest BCUT2D eigenvalue weighted by Crippen LogP contribution is 2.44. The quantitative estimate of drug-likeness (QED) is 0.269. The van der Waals surface area contributed by atoms with Crippen molar-refractivity contribution in [3.05, 3.63) is 95.6 Å². The summed E-state index contributed by atoms with van der Waals surface area (Å²) in [5.74, 6) is -1.85. The molecular weight excluding hydrogens is 520 g/mol. The number of alkyl carbamates (subject to hydrolysis) is 1. The SMILES string of the molecule is CC(OCc1ccccc1)C(NC(=O)OCC1c2ccccc2-c2ccccc21)C(=O)NCC(CC1CC1)C(=O)O. The number of carboxylic acid groups (broad SMARTS) is 1. The summed E-state index contributed by atoms with van der Waals surface area (Å²) < 4.78 is 11.6. The van der Waals surface area contributed by atoms with Crippen molar-refractivity contribution >= 4 is 18.0 Å². The van der Waals surface area contributed by atoms with Crippen molar-refractivity contribution < 1.29 is 29.0 Å². The fourth-order valence-electron chi connectivity index (χ4n) is 5.42. The standard InChI is InChI=1S/C33H36N2O6/c1-21(40-19-23-9-3-2-4-10-23)30(31(36)34-18-24(32(37)38)17-22-15-16-22)35-33(39)41-20-29-27-13-7-5-11-25(27)26-12-6-8-14-28(26)29/h2-14,21-22,24,29-30H,15-20H2,1H3,(H,34,36)(H,35,39)(H,37,38). The summed E-state index contributed by atoms with van der Waals surface area (Å²) >= 11 is 0. The maximum Gasteiger partial charge on any atom is 0.407 e. The molecule has 3 aromatic carbocycles. The second-order valence-corrected chi connectivity index (χ2v) is 10.9. The van der Waals surface area contributed by atoms with E-state index in [9.17, 15) is 19.5 Å². The first kappa shape index (κ1) is 28.4. The molecule has 1 saturated carbocycles. The van der Waals surface area contributed by atoms with E-state index in [0.717, 1.165) is 40.7 Å². The normalized spacial score (nSPS) is 16.1. The van der Waals surface area contributed by atoms with Crippen LogP contribution in [-0.4, -0.2) is 48.4 Å². The van der Waals surface area contributed by atoms with Crippen molar-refractivity contribution in [2.75, 3.05) is 13.2 Å². The Morgan fingerprint density at radius 2 is 1.51 bits per heavy atom. The molecule has 41 heavy (non-hydrogen) atoms. The van der Waals surface area contributed by atoms with E-state index in [1.807, 2.05) is 66.7 Å². The third-order valence-corrected chi connectivity index (χ3v) is 7.91. The molecule has 0 heterocycles. The zero-order valence-electron chi connectivity index (χ0n) is 23.1. The second-order valence-electron chi connectivity index (χ2n) is 10.9. The number of carbonyl (C=O) groups is 3. The zero-order valence-corrected chi connectivity index (χ0v) is 23.1. The first-order chi connectivity index (χ1) is 19.9. The Labute approximate surface area is 240 Å². The van der Waals surface area contributed by atoms with Gasteiger partial charge in [-0.2, -0.15) is 0 Å². The lowest BCUT2D eigenvalue weighted by Crippen LogP contribution is -2.54. The highest BCUT2D eigenvalue weighted by Gasteiger charge is 2.33. The Kier molecular flexibility index (Phi) is 8.99. The summed E-state index contributed by atoms with van der Waals surface area (Å²) in [6.45, 7) is 2.04. The van der Waals surface area contributed by atoms with Gasteiger partial charge in [0.15, 0.2) is 0 Å². The molecule has 2 amide bonds. The van der Waals surface area contributed by atoms with Gasteiger partial charge in [0.1, 0.15) is 12.6 Å². The smallest absolute Gasteiger partial charge is 0.407 e. The molecule has 0 bridgehead atoms. The van der Waals surface area contributed by atoms with Crippen LogP contribution in [-0.2, 0) is 25.7 Å². The summed E-state index contributed by atoms with van der Waals surface area (Å²) in [5, 5.41) is 15.0. The van der Waals surface area contributed by atoms with E-state index < -0.39 is 36.0 Å². The highest BCUT2D eigenvalue weighted by atomic mass is 16.5. The third kappa shape index (κ3) is 7.13. The summed E-state index contributed by atoms with van der Waals surface area (Å²) in [6.07, 6.45) is 1.12. The van der Waals surface area contributed by atoms with Gasteiger partial charge in [-0.3, -0.25) is 9.59 Å². The number of benzene rings is 3. The van der Waals surface area contributed by atoms with Crippen LogP contribution >= 0.6 is 0 Å². The van der Waals surface area contributed by atoms with Gasteiger partial charge >= 0.3 is 12.1 Å². The molecule has 3 unspecified atom stereocenters. The van der Waals surface area contributed by atoms with Crippen molar-refractivity contribution in [3.8, 4) is 11.1 Å². The van der Waals surface area contributed by atoms with Crippen LogP contribution in [0.3, 0.4) is 0 Å². The highest BCUT2D eigenvalue weighted by molar-refractivity contribution is 5.86. The van der Waals surface area contributed by atoms with E-state index in [0.29, 0.717) is 12.3 Å². The monoisotopic (exact) mass is 556 g/mol. The lowest BCUT2D eigenvalue weighted by molar-refractivity contribution is -0.142. The average Bonchev–Trinajstić information content (AvgIpc) is 3.76. The van der Waals surface area contributed by atoms with Crippen LogP contribution < -0.4 is 10.6 Å². The van der Waals surface area contributed by atoms with Gasteiger partial charge in [0, 0.05) is 12.5 Å². The molecular formula is C33H36N2O6. The minimum atomic E-state index is -1.08. The van der Waals surface area contributed by atoms with Crippen LogP contribution in [0.5, 0.6) is 0 Å². The van der Waals surface area contributed by atoms with Crippen LogP contribution in [0.1, 0.15) is 48.8 Å². The van der Waals surface area contributed by atoms with Gasteiger partial charge in [-0.1, -0.05) is 91.7 Å². The first-order valence-electron chi connectivity index (χ1n) is 14.2. The van der Waals surface area contributed by atoms with Crippen molar-refractivity contribution in [2.24, 2.45) is 11.8 Å². The number of fused-ring (bicyclic) bond motifs is 3. The number of aliphatic carboxylic acids is 1. The van der Waals surface area contributed by atoms with E-state index in [1.54, 1.807) is 6.92 Å². The summed E-state index contributed by atoms with van der Waals surface area (Å²) in [4.78, 5) is 38.1. The molecule has 0 aliphatic heterocycles. The molecule has 2 aliphatic carbocycles. The predicted octanol–water partition coefficient (Wildman–Crippen LogP) is 5.12. The molecule has 2 aliphatic rings. The first-order valence-corrected chi connectivity index (χ1v) is 14.2. The van der Waals surface area contributed by atoms with Gasteiger partial charge < -0.3 is 25.2 Å². The number of nitrogens with one attached hydrogen (secondary N) is 2. The number of carboxylic acids is 1. The largest absolute Gasteiger partial charge is 0.481 e. The van der Waals surface area contributed by atoms with E-state index in [-0.39, 0.29) is 25.7 Å². The van der Waals surface area contributed by atoms with Gasteiger partial charge in [0.2, 0.25) is 5.91 Å². The number of carbonyl (C=O) groups excluding carboxylic acids is 2. The molecule has 3 N–H and O–H groups in total.